The van der Waals surface area contributed by atoms with Crippen molar-refractivity contribution in [2.75, 3.05) is 12.0 Å². The molecule has 0 radical (unpaired) electrons. The van der Waals surface area contributed by atoms with Crippen LogP contribution in [-0.2, 0) is 14.3 Å². The molecule has 1 aliphatic heterocycles. The zero-order chi connectivity index (χ0) is 19.7. The average Bonchev–Trinajstić information content (AvgIpc) is 2.89. The molecule has 7 heteroatoms. The number of allylic oxidation sites excluding steroid dienone is 1. The number of benzene rings is 2. The maximum atomic E-state index is 13.5. The molecule has 0 aromatic heterocycles. The van der Waals surface area contributed by atoms with E-state index in [1.165, 1.54) is 54.5 Å². The largest absolute Gasteiger partial charge is 0.465 e. The number of esters is 1. The minimum Gasteiger partial charge on any atom is -0.465 e. The lowest BCUT2D eigenvalue weighted by atomic mass is 10.0. The highest BCUT2D eigenvalue weighted by Gasteiger charge is 2.38. The Morgan fingerprint density at radius 2 is 1.81 bits per heavy atom. The van der Waals surface area contributed by atoms with E-state index in [4.69, 9.17) is 16.3 Å². The lowest BCUT2D eigenvalue weighted by Crippen LogP contribution is -2.24. The normalized spacial score (nSPS) is 15.7. The van der Waals surface area contributed by atoms with E-state index in [1.807, 2.05) is 0 Å². The smallest absolute Gasteiger partial charge is 0.340 e. The van der Waals surface area contributed by atoms with Crippen LogP contribution in [0.1, 0.15) is 12.5 Å². The highest BCUT2D eigenvalue weighted by atomic mass is 35.5. The van der Waals surface area contributed by atoms with Crippen LogP contribution in [0, 0.1) is 11.6 Å². The van der Waals surface area contributed by atoms with Crippen molar-refractivity contribution in [3.05, 3.63) is 81.5 Å². The van der Waals surface area contributed by atoms with Gasteiger partial charge in [-0.25, -0.2) is 13.6 Å². The minimum absolute atomic E-state index is 0.0762. The zero-order valence-corrected chi connectivity index (χ0v) is 15.2. The van der Waals surface area contributed by atoms with E-state index < -0.39 is 23.5 Å². The van der Waals surface area contributed by atoms with Crippen molar-refractivity contribution in [2.24, 2.45) is 0 Å². The molecule has 0 aliphatic carbocycles. The van der Waals surface area contributed by atoms with E-state index in [0.717, 1.165) is 6.07 Å². The van der Waals surface area contributed by atoms with Crippen molar-refractivity contribution < 1.29 is 23.1 Å². The van der Waals surface area contributed by atoms with Gasteiger partial charge in [-0.1, -0.05) is 23.7 Å². The summed E-state index contributed by atoms with van der Waals surface area (Å²) < 4.78 is 31.4. The molecular formula is C20H14ClF2NO3. The van der Waals surface area contributed by atoms with Crippen LogP contribution in [0.2, 0.25) is 5.02 Å². The minimum atomic E-state index is -0.690. The Morgan fingerprint density at radius 1 is 1.15 bits per heavy atom. The van der Waals surface area contributed by atoms with E-state index >= 15 is 0 Å². The topological polar surface area (TPSA) is 46.6 Å². The third-order valence-electron chi connectivity index (χ3n) is 4.13. The van der Waals surface area contributed by atoms with Gasteiger partial charge in [-0.05, 0) is 48.9 Å². The molecule has 0 fully saturated rings. The maximum Gasteiger partial charge on any atom is 0.340 e. The van der Waals surface area contributed by atoms with Gasteiger partial charge in [0.15, 0.2) is 0 Å². The number of carbonyl (C=O) groups excluding carboxylic acids is 2. The van der Waals surface area contributed by atoms with E-state index in [0.29, 0.717) is 16.9 Å². The molecule has 3 rings (SSSR count). The van der Waals surface area contributed by atoms with Gasteiger partial charge in [-0.15, -0.1) is 0 Å². The summed E-state index contributed by atoms with van der Waals surface area (Å²) in [7, 11) is 1.21. The summed E-state index contributed by atoms with van der Waals surface area (Å²) in [4.78, 5) is 26.5. The molecule has 0 saturated heterocycles. The van der Waals surface area contributed by atoms with Crippen LogP contribution in [0.25, 0.3) is 6.08 Å². The molecule has 0 bridgehead atoms. The van der Waals surface area contributed by atoms with Crippen molar-refractivity contribution in [3.8, 4) is 0 Å². The summed E-state index contributed by atoms with van der Waals surface area (Å²) in [6, 6.07) is 9.29. The first-order valence-electron chi connectivity index (χ1n) is 7.90. The highest BCUT2D eigenvalue weighted by molar-refractivity contribution is 6.31. The summed E-state index contributed by atoms with van der Waals surface area (Å²) in [6.45, 7) is 1.58. The van der Waals surface area contributed by atoms with Gasteiger partial charge in [0, 0.05) is 5.70 Å². The van der Waals surface area contributed by atoms with Gasteiger partial charge in [0.1, 0.15) is 11.6 Å². The summed E-state index contributed by atoms with van der Waals surface area (Å²) in [5.41, 5.74) is 1.34. The van der Waals surface area contributed by atoms with Crippen molar-refractivity contribution in [1.29, 1.82) is 0 Å². The number of carbonyl (C=O) groups is 2. The quantitative estimate of drug-likeness (QED) is 0.573. The number of methoxy groups -OCH3 is 1. The van der Waals surface area contributed by atoms with E-state index in [9.17, 15) is 18.4 Å². The third kappa shape index (κ3) is 3.48. The molecular weight excluding hydrogens is 376 g/mol. The molecule has 138 valence electrons. The molecule has 0 N–H and O–H groups in total. The Kier molecular flexibility index (Phi) is 5.10. The lowest BCUT2D eigenvalue weighted by Gasteiger charge is -2.18. The highest BCUT2D eigenvalue weighted by Crippen LogP contribution is 2.36. The molecule has 0 spiro atoms. The first-order chi connectivity index (χ1) is 12.8. The summed E-state index contributed by atoms with van der Waals surface area (Å²) in [6.07, 6.45) is 1.47. The number of rotatable bonds is 3. The number of nitrogens with zero attached hydrogens (tertiary/aromatic N) is 1. The van der Waals surface area contributed by atoms with Crippen LogP contribution in [0.15, 0.2) is 59.3 Å². The molecule has 0 saturated carbocycles. The fourth-order valence-corrected chi connectivity index (χ4v) is 3.02. The van der Waals surface area contributed by atoms with E-state index in [2.05, 4.69) is 0 Å². The number of halogens is 3. The predicted molar refractivity (Wildman–Crippen MR) is 98.0 cm³/mol. The number of anilines is 1. The second-order valence-electron chi connectivity index (χ2n) is 5.80. The summed E-state index contributed by atoms with van der Waals surface area (Å²) in [5.74, 6) is -2.23. The molecule has 4 nitrogen and oxygen atoms in total. The molecule has 0 atom stereocenters. The van der Waals surface area contributed by atoms with Gasteiger partial charge in [-0.2, -0.15) is 0 Å². The summed E-state index contributed by atoms with van der Waals surface area (Å²) in [5, 5.41) is -0.149. The third-order valence-corrected chi connectivity index (χ3v) is 4.42. The lowest BCUT2D eigenvalue weighted by molar-refractivity contribution is -0.136. The summed E-state index contributed by atoms with van der Waals surface area (Å²) >= 11 is 5.82. The Labute approximate surface area is 159 Å². The van der Waals surface area contributed by atoms with Crippen LogP contribution in [0.3, 0.4) is 0 Å². The fraction of sp³-hybridized carbons (Fsp3) is 0.100. The van der Waals surface area contributed by atoms with Gasteiger partial charge < -0.3 is 4.74 Å². The van der Waals surface area contributed by atoms with E-state index in [1.54, 1.807) is 6.92 Å². The van der Waals surface area contributed by atoms with Crippen molar-refractivity contribution in [2.45, 2.75) is 6.92 Å². The number of hydrogen-bond donors (Lipinski definition) is 0. The van der Waals surface area contributed by atoms with Crippen LogP contribution in [0.4, 0.5) is 14.5 Å². The first kappa shape index (κ1) is 18.8. The molecule has 2 aromatic rings. The van der Waals surface area contributed by atoms with Gasteiger partial charge in [0.25, 0.3) is 5.91 Å². The fourth-order valence-electron chi connectivity index (χ4n) is 2.84. The van der Waals surface area contributed by atoms with Crippen molar-refractivity contribution in [1.82, 2.24) is 0 Å². The van der Waals surface area contributed by atoms with Crippen LogP contribution in [-0.4, -0.2) is 19.0 Å². The average molecular weight is 390 g/mol. The van der Waals surface area contributed by atoms with Crippen molar-refractivity contribution in [3.63, 3.8) is 0 Å². The monoisotopic (exact) mass is 389 g/mol. The SMILES string of the molecule is COC(=O)C1=C(C)N(c2ccc(F)c(Cl)c2)C(=O)/C1=C\c1ccc(F)cc1. The van der Waals surface area contributed by atoms with E-state index in [-0.39, 0.29) is 16.2 Å². The van der Waals surface area contributed by atoms with Gasteiger partial charge in [0.2, 0.25) is 0 Å². The zero-order valence-electron chi connectivity index (χ0n) is 14.4. The Balaban J connectivity index is 2.14. The first-order valence-corrected chi connectivity index (χ1v) is 8.27. The molecule has 1 heterocycles. The number of ether oxygens (including phenoxy) is 1. The Bertz CT molecular complexity index is 997. The second-order valence-corrected chi connectivity index (χ2v) is 6.21. The number of amides is 1. The molecule has 2 aromatic carbocycles. The maximum absolute atomic E-state index is 13.5. The second kappa shape index (κ2) is 7.32. The van der Waals surface area contributed by atoms with Crippen molar-refractivity contribution >= 4 is 35.2 Å². The van der Waals surface area contributed by atoms with Gasteiger partial charge in [-0.3, -0.25) is 9.69 Å². The molecule has 1 amide bonds. The van der Waals surface area contributed by atoms with Crippen LogP contribution < -0.4 is 4.90 Å². The van der Waals surface area contributed by atoms with Crippen LogP contribution >= 0.6 is 11.6 Å². The Morgan fingerprint density at radius 3 is 2.41 bits per heavy atom. The standard InChI is InChI=1S/C20H14ClF2NO3/c1-11-18(20(26)27-2)15(9-12-3-5-13(22)6-4-12)19(25)24(11)14-7-8-17(23)16(21)10-14/h3-10H,1-2H3/b15-9-. The van der Waals surface area contributed by atoms with Gasteiger partial charge in [0.05, 0.1) is 29.0 Å². The molecule has 0 unspecified atom stereocenters. The van der Waals surface area contributed by atoms with Crippen LogP contribution in [0.5, 0.6) is 0 Å². The number of hydrogen-bond acceptors (Lipinski definition) is 3. The molecule has 27 heavy (non-hydrogen) atoms. The van der Waals surface area contributed by atoms with Gasteiger partial charge >= 0.3 is 5.97 Å². The predicted octanol–water partition coefficient (Wildman–Crippen LogP) is 4.50. The Hall–Kier alpha value is -2.99. The molecule has 1 aliphatic rings.